The van der Waals surface area contributed by atoms with Crippen LogP contribution in [0.4, 0.5) is 11.4 Å². The van der Waals surface area contributed by atoms with Gasteiger partial charge >= 0.3 is 0 Å². The van der Waals surface area contributed by atoms with Crippen LogP contribution in [-0.2, 0) is 10.0 Å². The minimum atomic E-state index is -3.34. The Bertz CT molecular complexity index is 1060. The van der Waals surface area contributed by atoms with Gasteiger partial charge in [0.2, 0.25) is 10.0 Å². The van der Waals surface area contributed by atoms with Crippen molar-refractivity contribution in [2.75, 3.05) is 28.5 Å². The summed E-state index contributed by atoms with van der Waals surface area (Å²) in [5.41, 5.74) is 1.36. The van der Waals surface area contributed by atoms with E-state index in [1.54, 1.807) is 42.5 Å². The smallest absolute Gasteiger partial charge is 0.255 e. The Labute approximate surface area is 163 Å². The second kappa shape index (κ2) is 8.15. The number of terminal acetylenes is 1. The zero-order chi connectivity index (χ0) is 20.1. The molecule has 2 amide bonds. The van der Waals surface area contributed by atoms with Gasteiger partial charge in [0.15, 0.2) is 0 Å². The van der Waals surface area contributed by atoms with Gasteiger partial charge in [0, 0.05) is 12.1 Å². The number of para-hydroxylation sites is 1. The summed E-state index contributed by atoms with van der Waals surface area (Å²) in [7, 11) is -3.34. The molecular formula is C20H19N3O4S. The lowest BCUT2D eigenvalue weighted by Crippen LogP contribution is -2.26. The SMILES string of the molecule is C#CCNC(=O)c1ccccc1NC(=O)c1cccc(N2CCCS2(=O)=O)c1. The summed E-state index contributed by atoms with van der Waals surface area (Å²) in [6, 6.07) is 13.0. The molecule has 8 heteroatoms. The molecule has 3 rings (SSSR count). The Morgan fingerprint density at radius 1 is 1.11 bits per heavy atom. The van der Waals surface area contributed by atoms with Crippen molar-refractivity contribution in [2.45, 2.75) is 6.42 Å². The van der Waals surface area contributed by atoms with E-state index in [2.05, 4.69) is 16.6 Å². The van der Waals surface area contributed by atoms with Gasteiger partial charge in [-0.15, -0.1) is 6.42 Å². The van der Waals surface area contributed by atoms with Crippen LogP contribution >= 0.6 is 0 Å². The monoisotopic (exact) mass is 397 g/mol. The van der Waals surface area contributed by atoms with Gasteiger partial charge in [0.05, 0.1) is 29.2 Å². The topological polar surface area (TPSA) is 95.6 Å². The molecule has 0 unspecified atom stereocenters. The number of nitrogens with one attached hydrogen (secondary N) is 2. The summed E-state index contributed by atoms with van der Waals surface area (Å²) in [5, 5.41) is 5.26. The minimum absolute atomic E-state index is 0.0769. The van der Waals surface area contributed by atoms with Gasteiger partial charge in [-0.2, -0.15) is 0 Å². The molecule has 0 radical (unpaired) electrons. The third-order valence-corrected chi connectivity index (χ3v) is 6.14. The van der Waals surface area contributed by atoms with Crippen LogP contribution in [0, 0.1) is 12.3 Å². The minimum Gasteiger partial charge on any atom is -0.341 e. The number of hydrogen-bond acceptors (Lipinski definition) is 4. The summed E-state index contributed by atoms with van der Waals surface area (Å²) in [5.74, 6) is 1.58. The van der Waals surface area contributed by atoms with Crippen LogP contribution in [0.25, 0.3) is 0 Å². The quantitative estimate of drug-likeness (QED) is 0.753. The van der Waals surface area contributed by atoms with Crippen molar-refractivity contribution in [1.29, 1.82) is 0 Å². The first kappa shape index (κ1) is 19.5. The summed E-state index contributed by atoms with van der Waals surface area (Å²) >= 11 is 0. The predicted octanol–water partition coefficient (Wildman–Crippen LogP) is 1.84. The normalized spacial score (nSPS) is 14.9. The van der Waals surface area contributed by atoms with Crippen molar-refractivity contribution in [3.63, 3.8) is 0 Å². The van der Waals surface area contributed by atoms with E-state index in [1.165, 1.54) is 10.4 Å². The number of sulfonamides is 1. The van der Waals surface area contributed by atoms with Gasteiger partial charge in [-0.1, -0.05) is 24.1 Å². The number of benzene rings is 2. The van der Waals surface area contributed by atoms with Crippen LogP contribution in [0.5, 0.6) is 0 Å². The zero-order valence-corrected chi connectivity index (χ0v) is 15.8. The third kappa shape index (κ3) is 4.15. The van der Waals surface area contributed by atoms with Crippen molar-refractivity contribution >= 4 is 33.2 Å². The van der Waals surface area contributed by atoms with Crippen LogP contribution in [0.1, 0.15) is 27.1 Å². The molecule has 2 aromatic carbocycles. The van der Waals surface area contributed by atoms with Crippen molar-refractivity contribution in [3.8, 4) is 12.3 Å². The molecule has 1 aliphatic heterocycles. The molecule has 0 aromatic heterocycles. The van der Waals surface area contributed by atoms with E-state index in [0.29, 0.717) is 29.9 Å². The van der Waals surface area contributed by atoms with Crippen LogP contribution < -0.4 is 14.9 Å². The van der Waals surface area contributed by atoms with Crippen LogP contribution in [0.3, 0.4) is 0 Å². The zero-order valence-electron chi connectivity index (χ0n) is 15.0. The molecule has 144 valence electrons. The molecule has 1 aliphatic rings. The van der Waals surface area contributed by atoms with Gasteiger partial charge in [0.25, 0.3) is 11.8 Å². The van der Waals surface area contributed by atoms with Gasteiger partial charge < -0.3 is 10.6 Å². The second-order valence-electron chi connectivity index (χ2n) is 6.18. The van der Waals surface area contributed by atoms with E-state index in [9.17, 15) is 18.0 Å². The highest BCUT2D eigenvalue weighted by Gasteiger charge is 2.28. The highest BCUT2D eigenvalue weighted by Crippen LogP contribution is 2.25. The van der Waals surface area contributed by atoms with E-state index in [0.717, 1.165) is 0 Å². The largest absolute Gasteiger partial charge is 0.341 e. The Morgan fingerprint density at radius 2 is 1.89 bits per heavy atom. The van der Waals surface area contributed by atoms with E-state index < -0.39 is 21.8 Å². The fraction of sp³-hybridized carbons (Fsp3) is 0.200. The maximum atomic E-state index is 12.7. The third-order valence-electron chi connectivity index (χ3n) is 4.27. The van der Waals surface area contributed by atoms with E-state index >= 15 is 0 Å². The summed E-state index contributed by atoms with van der Waals surface area (Å²) in [6.45, 7) is 0.471. The molecule has 1 saturated heterocycles. The molecule has 2 aromatic rings. The highest BCUT2D eigenvalue weighted by atomic mass is 32.2. The van der Waals surface area contributed by atoms with Gasteiger partial charge in [-0.05, 0) is 36.8 Å². The lowest BCUT2D eigenvalue weighted by molar-refractivity contribution is 0.0959. The number of carbonyl (C=O) groups excluding carboxylic acids is 2. The molecule has 0 spiro atoms. The Balaban J connectivity index is 1.82. The lowest BCUT2D eigenvalue weighted by atomic mass is 10.1. The average Bonchev–Trinajstić information content (AvgIpc) is 3.05. The van der Waals surface area contributed by atoms with Gasteiger partial charge in [-0.3, -0.25) is 13.9 Å². The molecule has 0 saturated carbocycles. The van der Waals surface area contributed by atoms with Crippen LogP contribution in [0.15, 0.2) is 48.5 Å². The van der Waals surface area contributed by atoms with Crippen LogP contribution in [-0.4, -0.2) is 39.1 Å². The molecule has 0 bridgehead atoms. The summed E-state index contributed by atoms with van der Waals surface area (Å²) < 4.78 is 25.5. The molecular weight excluding hydrogens is 378 g/mol. The average molecular weight is 397 g/mol. The molecule has 28 heavy (non-hydrogen) atoms. The molecule has 1 heterocycles. The number of rotatable bonds is 5. The maximum absolute atomic E-state index is 12.7. The Hall–Kier alpha value is -3.31. The number of amides is 2. The summed E-state index contributed by atoms with van der Waals surface area (Å²) in [6.07, 6.45) is 5.71. The van der Waals surface area contributed by atoms with E-state index in [-0.39, 0.29) is 17.9 Å². The molecule has 0 aliphatic carbocycles. The van der Waals surface area contributed by atoms with Crippen molar-refractivity contribution in [1.82, 2.24) is 5.32 Å². The van der Waals surface area contributed by atoms with Crippen molar-refractivity contribution < 1.29 is 18.0 Å². The molecule has 2 N–H and O–H groups in total. The maximum Gasteiger partial charge on any atom is 0.255 e. The fourth-order valence-corrected chi connectivity index (χ4v) is 4.50. The van der Waals surface area contributed by atoms with Gasteiger partial charge in [-0.25, -0.2) is 8.42 Å². The molecule has 1 fully saturated rings. The highest BCUT2D eigenvalue weighted by molar-refractivity contribution is 7.93. The number of anilines is 2. The second-order valence-corrected chi connectivity index (χ2v) is 8.19. The first-order valence-electron chi connectivity index (χ1n) is 8.65. The number of hydrogen-bond donors (Lipinski definition) is 2. The Kier molecular flexibility index (Phi) is 5.66. The standard InChI is InChI=1S/C20H19N3O4S/c1-2-11-21-20(25)17-9-3-4-10-18(17)22-19(24)15-7-5-8-16(14-15)23-12-6-13-28(23,26)27/h1,3-5,7-10,14H,6,11-13H2,(H,21,25)(H,22,24). The van der Waals surface area contributed by atoms with E-state index in [1.807, 2.05) is 0 Å². The predicted molar refractivity (Wildman–Crippen MR) is 108 cm³/mol. The van der Waals surface area contributed by atoms with Crippen molar-refractivity contribution in [3.05, 3.63) is 59.7 Å². The first-order chi connectivity index (χ1) is 13.4. The van der Waals surface area contributed by atoms with Gasteiger partial charge in [0.1, 0.15) is 0 Å². The lowest BCUT2D eigenvalue weighted by Gasteiger charge is -2.17. The number of nitrogens with zero attached hydrogens (tertiary/aromatic N) is 1. The molecule has 0 atom stereocenters. The fourth-order valence-electron chi connectivity index (χ4n) is 2.94. The molecule has 7 nitrogen and oxygen atoms in total. The number of carbonyl (C=O) groups is 2. The Morgan fingerprint density at radius 3 is 2.61 bits per heavy atom. The van der Waals surface area contributed by atoms with Crippen molar-refractivity contribution in [2.24, 2.45) is 0 Å². The summed E-state index contributed by atoms with van der Waals surface area (Å²) in [4.78, 5) is 24.9. The first-order valence-corrected chi connectivity index (χ1v) is 10.3. The van der Waals surface area contributed by atoms with Crippen LogP contribution in [0.2, 0.25) is 0 Å². The van der Waals surface area contributed by atoms with E-state index in [4.69, 9.17) is 6.42 Å².